The molecule has 5 aliphatic rings. The molecule has 10 atom stereocenters. The zero-order valence-electron chi connectivity index (χ0n) is 21.8. The number of aliphatic hydroxyl groups excluding tert-OH is 1. The lowest BCUT2D eigenvalue weighted by atomic mass is 9.49. The summed E-state index contributed by atoms with van der Waals surface area (Å²) < 4.78 is 29.6. The predicted octanol–water partition coefficient (Wildman–Crippen LogP) is 1.74. The van der Waals surface area contributed by atoms with Crippen molar-refractivity contribution in [3.8, 4) is 0 Å². The van der Waals surface area contributed by atoms with Crippen molar-refractivity contribution in [3.63, 3.8) is 0 Å². The Labute approximate surface area is 229 Å². The number of carbonyl (C=O) groups excluding carboxylic acids is 3. The molecule has 11 heteroatoms. The van der Waals surface area contributed by atoms with Crippen molar-refractivity contribution >= 4 is 33.8 Å². The summed E-state index contributed by atoms with van der Waals surface area (Å²) in [4.78, 5) is 37.3. The van der Waals surface area contributed by atoms with Crippen molar-refractivity contribution < 1.29 is 48.3 Å². The van der Waals surface area contributed by atoms with Crippen molar-refractivity contribution in [2.45, 2.75) is 86.9 Å². The molecule has 2 aliphatic carbocycles. The maximum Gasteiger partial charge on any atom is 0.335 e. The molecular weight excluding hydrogens is 564 g/mol. The van der Waals surface area contributed by atoms with Gasteiger partial charge in [0.1, 0.15) is 18.3 Å². The SMILES string of the molecule is C[C@@H]1CCOC(=O)/C=C/C=C\C(=O)O[C@@H]2C[C@H]3O[C@@H]4[C@@H](Br)[C@](C)(O)CC[C@]4(COC(=O)[C@H]1O)[C@]2(C)[C@]31CO1. The minimum Gasteiger partial charge on any atom is -0.463 e. The molecular formula is C27H35BrO10. The van der Waals surface area contributed by atoms with E-state index in [1.807, 2.05) is 6.92 Å². The Hall–Kier alpha value is -1.79. The molecule has 0 aromatic heterocycles. The molecule has 2 saturated heterocycles. The van der Waals surface area contributed by atoms with Crippen LogP contribution in [0, 0.1) is 16.7 Å². The maximum atomic E-state index is 13.0. The van der Waals surface area contributed by atoms with Gasteiger partial charge in [0.05, 0.1) is 35.8 Å². The van der Waals surface area contributed by atoms with E-state index in [9.17, 15) is 24.6 Å². The third-order valence-corrected chi connectivity index (χ3v) is 11.1. The van der Waals surface area contributed by atoms with Gasteiger partial charge in [0.25, 0.3) is 0 Å². The molecule has 3 heterocycles. The molecule has 2 saturated carbocycles. The molecule has 4 fully saturated rings. The molecule has 2 spiro atoms. The monoisotopic (exact) mass is 598 g/mol. The molecule has 0 amide bonds. The number of ether oxygens (including phenoxy) is 5. The summed E-state index contributed by atoms with van der Waals surface area (Å²) in [5, 5.41) is 21.8. The zero-order chi connectivity index (χ0) is 27.5. The average molecular weight is 599 g/mol. The van der Waals surface area contributed by atoms with E-state index < -0.39 is 69.0 Å². The summed E-state index contributed by atoms with van der Waals surface area (Å²) in [5.74, 6) is -2.53. The molecule has 38 heavy (non-hydrogen) atoms. The highest BCUT2D eigenvalue weighted by Gasteiger charge is 2.84. The van der Waals surface area contributed by atoms with E-state index in [1.54, 1.807) is 13.8 Å². The zero-order valence-corrected chi connectivity index (χ0v) is 23.3. The number of epoxide rings is 1. The van der Waals surface area contributed by atoms with Crippen LogP contribution in [0.25, 0.3) is 0 Å². The Morgan fingerprint density at radius 1 is 1.00 bits per heavy atom. The van der Waals surface area contributed by atoms with Gasteiger partial charge in [0, 0.05) is 29.4 Å². The average Bonchev–Trinajstić information content (AvgIpc) is 3.65. The van der Waals surface area contributed by atoms with Gasteiger partial charge >= 0.3 is 17.9 Å². The van der Waals surface area contributed by atoms with Gasteiger partial charge in [-0.2, -0.15) is 0 Å². The normalized spacial score (nSPS) is 51.1. The molecule has 0 radical (unpaired) electrons. The molecule has 2 bridgehead atoms. The Morgan fingerprint density at radius 2 is 1.68 bits per heavy atom. The highest BCUT2D eigenvalue weighted by molar-refractivity contribution is 9.09. The second-order valence-electron chi connectivity index (χ2n) is 11.7. The summed E-state index contributed by atoms with van der Waals surface area (Å²) in [7, 11) is 0. The fourth-order valence-corrected chi connectivity index (χ4v) is 7.84. The van der Waals surface area contributed by atoms with Crippen LogP contribution in [-0.4, -0.2) is 88.4 Å². The highest BCUT2D eigenvalue weighted by atomic mass is 79.9. The second kappa shape index (κ2) is 9.69. The lowest BCUT2D eigenvalue weighted by molar-refractivity contribution is -0.266. The number of hydrogen-bond donors (Lipinski definition) is 2. The first-order valence-corrected chi connectivity index (χ1v) is 14.0. The molecule has 0 unspecified atom stereocenters. The minimum absolute atomic E-state index is 0.00162. The third-order valence-electron chi connectivity index (χ3n) is 9.66. The van der Waals surface area contributed by atoms with Gasteiger partial charge in [-0.1, -0.05) is 41.9 Å². The first-order chi connectivity index (χ1) is 17.9. The van der Waals surface area contributed by atoms with Crippen molar-refractivity contribution in [1.82, 2.24) is 0 Å². The predicted molar refractivity (Wildman–Crippen MR) is 135 cm³/mol. The molecule has 0 aromatic carbocycles. The largest absolute Gasteiger partial charge is 0.463 e. The Kier molecular flexibility index (Phi) is 7.08. The van der Waals surface area contributed by atoms with E-state index in [2.05, 4.69) is 15.9 Å². The van der Waals surface area contributed by atoms with Crippen molar-refractivity contribution in [3.05, 3.63) is 24.3 Å². The topological polar surface area (TPSA) is 141 Å². The van der Waals surface area contributed by atoms with Crippen LogP contribution in [-0.2, 0) is 38.1 Å². The highest BCUT2D eigenvalue weighted by Crippen LogP contribution is 2.73. The van der Waals surface area contributed by atoms with Gasteiger partial charge in [-0.15, -0.1) is 0 Å². The van der Waals surface area contributed by atoms with E-state index in [4.69, 9.17) is 23.7 Å². The summed E-state index contributed by atoms with van der Waals surface area (Å²) >= 11 is 3.68. The van der Waals surface area contributed by atoms with Crippen LogP contribution in [0.1, 0.15) is 46.5 Å². The van der Waals surface area contributed by atoms with Crippen LogP contribution in [0.15, 0.2) is 24.3 Å². The number of halogens is 1. The standard InChI is InChI=1S/C27H35BrO10/c1-15-8-11-34-18(29)6-4-5-7-19(30)37-16-12-17-27(14-36-27)25(16,3)26(13-35-23(32)20(15)31)10-9-24(2,33)21(28)22(26)38-17/h4-7,15-17,20-22,31,33H,8-14H2,1-3H3/b6-4+,7-5-/t15-,16-,17-,20+,21-,22-,24-,25-,26-,27+/m1/s1. The van der Waals surface area contributed by atoms with Crippen LogP contribution in [0.3, 0.4) is 0 Å². The van der Waals surface area contributed by atoms with E-state index in [1.165, 1.54) is 24.3 Å². The van der Waals surface area contributed by atoms with Crippen molar-refractivity contribution in [1.29, 1.82) is 0 Å². The van der Waals surface area contributed by atoms with E-state index >= 15 is 0 Å². The van der Waals surface area contributed by atoms with Crippen LogP contribution >= 0.6 is 15.9 Å². The smallest absolute Gasteiger partial charge is 0.335 e. The first-order valence-electron chi connectivity index (χ1n) is 13.1. The van der Waals surface area contributed by atoms with Gasteiger partial charge in [-0.3, -0.25) is 0 Å². The number of cyclic esters (lactones) is 2. The van der Waals surface area contributed by atoms with Crippen LogP contribution in [0.5, 0.6) is 0 Å². The van der Waals surface area contributed by atoms with E-state index in [0.717, 1.165) is 0 Å². The van der Waals surface area contributed by atoms with Gasteiger partial charge in [0.15, 0.2) is 6.10 Å². The summed E-state index contributed by atoms with van der Waals surface area (Å²) in [5.41, 5.74) is -3.51. The maximum absolute atomic E-state index is 13.0. The van der Waals surface area contributed by atoms with Crippen molar-refractivity contribution in [2.24, 2.45) is 16.7 Å². The number of allylic oxidation sites excluding steroid dienone is 2. The summed E-state index contributed by atoms with van der Waals surface area (Å²) in [6.45, 7) is 5.72. The number of alkyl halides is 1. The number of carbonyl (C=O) groups is 3. The Bertz CT molecular complexity index is 1050. The van der Waals surface area contributed by atoms with Gasteiger partial charge < -0.3 is 33.9 Å². The van der Waals surface area contributed by atoms with Gasteiger partial charge in [-0.05, 0) is 32.1 Å². The number of esters is 3. The first kappa shape index (κ1) is 27.8. The number of hydrogen-bond acceptors (Lipinski definition) is 10. The molecule has 10 nitrogen and oxygen atoms in total. The quantitative estimate of drug-likeness (QED) is 0.183. The Balaban J connectivity index is 1.55. The molecule has 5 rings (SSSR count). The minimum atomic E-state index is -1.43. The second-order valence-corrected chi connectivity index (χ2v) is 12.7. The van der Waals surface area contributed by atoms with Gasteiger partial charge in [-0.25, -0.2) is 14.4 Å². The lowest BCUT2D eigenvalue weighted by Crippen LogP contribution is -2.72. The van der Waals surface area contributed by atoms with Crippen LogP contribution < -0.4 is 0 Å². The third kappa shape index (κ3) is 4.16. The molecule has 2 N–H and O–H groups in total. The van der Waals surface area contributed by atoms with Crippen molar-refractivity contribution in [2.75, 3.05) is 19.8 Å². The van der Waals surface area contributed by atoms with Crippen LogP contribution in [0.2, 0.25) is 0 Å². The fraction of sp³-hybridized carbons (Fsp3) is 0.741. The van der Waals surface area contributed by atoms with E-state index in [0.29, 0.717) is 25.9 Å². The van der Waals surface area contributed by atoms with Crippen LogP contribution in [0.4, 0.5) is 0 Å². The molecule has 3 aliphatic heterocycles. The molecule has 210 valence electrons. The fourth-order valence-electron chi connectivity index (χ4n) is 6.98. The van der Waals surface area contributed by atoms with E-state index in [-0.39, 0.29) is 25.7 Å². The summed E-state index contributed by atoms with van der Waals surface area (Å²) in [6.07, 6.45) is 3.63. The van der Waals surface area contributed by atoms with Gasteiger partial charge in [0.2, 0.25) is 0 Å². The number of aliphatic hydroxyl groups is 2. The summed E-state index contributed by atoms with van der Waals surface area (Å²) in [6, 6.07) is 0. The Morgan fingerprint density at radius 3 is 2.37 bits per heavy atom. The number of rotatable bonds is 0. The lowest BCUT2D eigenvalue weighted by Gasteiger charge is -2.62. The molecule has 0 aromatic rings.